The molecule has 0 aliphatic rings. The number of H-pyrrole nitrogens is 1. The Bertz CT molecular complexity index is 1060. The van der Waals surface area contributed by atoms with Gasteiger partial charge in [0.25, 0.3) is 5.56 Å². The zero-order chi connectivity index (χ0) is 20.1. The summed E-state index contributed by atoms with van der Waals surface area (Å²) in [5.74, 6) is 1.05. The molecule has 6 nitrogen and oxygen atoms in total. The molecule has 0 aliphatic heterocycles. The Morgan fingerprint density at radius 3 is 2.50 bits per heavy atom. The maximum Gasteiger partial charge on any atom is 0.251 e. The Labute approximate surface area is 175 Å². The number of thioether (sulfide) groups is 1. The molecular formula is C19H15Cl2N3O3S. The number of hydrogen-bond donors (Lipinski definition) is 2. The van der Waals surface area contributed by atoms with E-state index in [0.717, 1.165) is 11.8 Å². The van der Waals surface area contributed by atoms with Gasteiger partial charge in [0, 0.05) is 23.5 Å². The molecule has 1 heterocycles. The number of amides is 1. The zero-order valence-electron chi connectivity index (χ0n) is 14.7. The standard InChI is InChI=1S/C19H15Cl2N3O3S/c1-11-8-17(25)24-19(22-11)28-10-18(26)23-12-2-4-13(5-3-12)27-14-6-7-15(20)16(21)9-14/h2-9H,10H2,1H3,(H,23,26)(H,22,24,25). The van der Waals surface area contributed by atoms with Gasteiger partial charge in [-0.25, -0.2) is 4.98 Å². The normalized spacial score (nSPS) is 10.5. The maximum absolute atomic E-state index is 12.1. The average Bonchev–Trinajstić information content (AvgIpc) is 2.64. The van der Waals surface area contributed by atoms with Crippen LogP contribution in [0.4, 0.5) is 5.69 Å². The van der Waals surface area contributed by atoms with E-state index >= 15 is 0 Å². The van der Waals surface area contributed by atoms with Gasteiger partial charge in [0.1, 0.15) is 11.5 Å². The quantitative estimate of drug-likeness (QED) is 0.424. The molecule has 0 aliphatic carbocycles. The van der Waals surface area contributed by atoms with Crippen LogP contribution >= 0.6 is 35.0 Å². The number of nitrogens with one attached hydrogen (secondary N) is 2. The van der Waals surface area contributed by atoms with Crippen molar-refractivity contribution in [2.24, 2.45) is 0 Å². The van der Waals surface area contributed by atoms with Gasteiger partial charge in [0.15, 0.2) is 5.16 Å². The number of carbonyl (C=O) groups excluding carboxylic acids is 1. The molecule has 0 radical (unpaired) electrons. The minimum atomic E-state index is -0.243. The first-order valence-corrected chi connectivity index (χ1v) is 9.87. The van der Waals surface area contributed by atoms with Crippen LogP contribution in [0.15, 0.2) is 58.5 Å². The number of aryl methyl sites for hydroxylation is 1. The van der Waals surface area contributed by atoms with E-state index in [2.05, 4.69) is 15.3 Å². The number of ether oxygens (including phenoxy) is 1. The molecule has 0 atom stereocenters. The zero-order valence-corrected chi connectivity index (χ0v) is 17.0. The number of aromatic amines is 1. The largest absolute Gasteiger partial charge is 0.457 e. The van der Waals surface area contributed by atoms with Crippen LogP contribution in [0.1, 0.15) is 5.69 Å². The van der Waals surface area contributed by atoms with Crippen LogP contribution in [-0.4, -0.2) is 21.6 Å². The Morgan fingerprint density at radius 1 is 1.11 bits per heavy atom. The first kappa shape index (κ1) is 20.3. The smallest absolute Gasteiger partial charge is 0.251 e. The molecule has 0 saturated carbocycles. The predicted molar refractivity (Wildman–Crippen MR) is 112 cm³/mol. The van der Waals surface area contributed by atoms with Gasteiger partial charge in [-0.3, -0.25) is 9.59 Å². The van der Waals surface area contributed by atoms with E-state index in [1.165, 1.54) is 6.07 Å². The number of anilines is 1. The third kappa shape index (κ3) is 5.76. The average molecular weight is 436 g/mol. The monoisotopic (exact) mass is 435 g/mol. The van der Waals surface area contributed by atoms with E-state index in [4.69, 9.17) is 27.9 Å². The van der Waals surface area contributed by atoms with Crippen LogP contribution in [0, 0.1) is 6.92 Å². The molecule has 0 saturated heterocycles. The van der Waals surface area contributed by atoms with Gasteiger partial charge in [-0.1, -0.05) is 35.0 Å². The highest BCUT2D eigenvalue weighted by molar-refractivity contribution is 7.99. The Kier molecular flexibility index (Phi) is 6.61. The van der Waals surface area contributed by atoms with Crippen molar-refractivity contribution in [1.82, 2.24) is 9.97 Å². The molecular weight excluding hydrogens is 421 g/mol. The van der Waals surface area contributed by atoms with Gasteiger partial charge in [-0.2, -0.15) is 0 Å². The van der Waals surface area contributed by atoms with Crippen molar-refractivity contribution in [3.63, 3.8) is 0 Å². The van der Waals surface area contributed by atoms with E-state index in [1.807, 2.05) is 0 Å². The van der Waals surface area contributed by atoms with Crippen molar-refractivity contribution in [2.75, 3.05) is 11.1 Å². The van der Waals surface area contributed by atoms with E-state index in [1.54, 1.807) is 49.4 Å². The van der Waals surface area contributed by atoms with Crippen LogP contribution in [0.5, 0.6) is 11.5 Å². The summed E-state index contributed by atoms with van der Waals surface area (Å²) < 4.78 is 5.70. The number of hydrogen-bond acceptors (Lipinski definition) is 5. The van der Waals surface area contributed by atoms with E-state index in [-0.39, 0.29) is 17.2 Å². The van der Waals surface area contributed by atoms with Crippen LogP contribution in [0.2, 0.25) is 10.0 Å². The van der Waals surface area contributed by atoms with E-state index in [9.17, 15) is 9.59 Å². The lowest BCUT2D eigenvalue weighted by Crippen LogP contribution is -2.15. The van der Waals surface area contributed by atoms with Gasteiger partial charge >= 0.3 is 0 Å². The fourth-order valence-electron chi connectivity index (χ4n) is 2.23. The van der Waals surface area contributed by atoms with Gasteiger partial charge in [0.05, 0.1) is 15.8 Å². The highest BCUT2D eigenvalue weighted by Gasteiger charge is 2.07. The fraction of sp³-hybridized carbons (Fsp3) is 0.105. The van der Waals surface area contributed by atoms with Crippen molar-refractivity contribution in [2.45, 2.75) is 12.1 Å². The van der Waals surface area contributed by atoms with Crippen LogP contribution in [-0.2, 0) is 4.79 Å². The number of benzene rings is 2. The third-order valence-corrected chi connectivity index (χ3v) is 5.07. The SMILES string of the molecule is Cc1cc(=O)[nH]c(SCC(=O)Nc2ccc(Oc3ccc(Cl)c(Cl)c3)cc2)n1. The van der Waals surface area contributed by atoms with Crippen LogP contribution in [0.3, 0.4) is 0 Å². The van der Waals surface area contributed by atoms with E-state index in [0.29, 0.717) is 38.1 Å². The molecule has 1 amide bonds. The lowest BCUT2D eigenvalue weighted by atomic mass is 10.3. The lowest BCUT2D eigenvalue weighted by Gasteiger charge is -2.09. The second kappa shape index (κ2) is 9.14. The minimum Gasteiger partial charge on any atom is -0.457 e. The molecule has 9 heteroatoms. The molecule has 2 aromatic carbocycles. The summed E-state index contributed by atoms with van der Waals surface area (Å²) in [5, 5.41) is 4.04. The lowest BCUT2D eigenvalue weighted by molar-refractivity contribution is -0.113. The van der Waals surface area contributed by atoms with Crippen molar-refractivity contribution in [3.05, 3.63) is 74.6 Å². The summed E-state index contributed by atoms with van der Waals surface area (Å²) in [5.41, 5.74) is 0.981. The Balaban J connectivity index is 1.55. The van der Waals surface area contributed by atoms with Crippen molar-refractivity contribution in [3.8, 4) is 11.5 Å². The molecule has 2 N–H and O–H groups in total. The van der Waals surface area contributed by atoms with Gasteiger partial charge < -0.3 is 15.0 Å². The van der Waals surface area contributed by atoms with Gasteiger partial charge in [-0.15, -0.1) is 0 Å². The molecule has 0 unspecified atom stereocenters. The number of halogens is 2. The summed E-state index contributed by atoms with van der Waals surface area (Å²) >= 11 is 13.0. The number of aromatic nitrogens is 2. The van der Waals surface area contributed by atoms with Gasteiger partial charge in [0.2, 0.25) is 5.91 Å². The summed E-state index contributed by atoms with van der Waals surface area (Å²) in [6.45, 7) is 1.72. The number of carbonyl (C=O) groups is 1. The molecule has 28 heavy (non-hydrogen) atoms. The highest BCUT2D eigenvalue weighted by Crippen LogP contribution is 2.29. The molecule has 0 fully saturated rings. The Hall–Kier alpha value is -2.48. The van der Waals surface area contributed by atoms with Gasteiger partial charge in [-0.05, 0) is 43.3 Å². The topological polar surface area (TPSA) is 84.1 Å². The molecule has 0 bridgehead atoms. The number of rotatable bonds is 6. The predicted octanol–water partition coefficient (Wildman–Crippen LogP) is 4.91. The van der Waals surface area contributed by atoms with Crippen LogP contribution < -0.4 is 15.6 Å². The Morgan fingerprint density at radius 2 is 1.82 bits per heavy atom. The first-order chi connectivity index (χ1) is 13.4. The van der Waals surface area contributed by atoms with Crippen molar-refractivity contribution < 1.29 is 9.53 Å². The van der Waals surface area contributed by atoms with E-state index < -0.39 is 0 Å². The summed E-state index contributed by atoms with van der Waals surface area (Å²) in [6, 6.07) is 13.3. The molecule has 3 aromatic rings. The van der Waals surface area contributed by atoms with Crippen molar-refractivity contribution in [1.29, 1.82) is 0 Å². The third-order valence-electron chi connectivity index (χ3n) is 3.45. The summed E-state index contributed by atoms with van der Waals surface area (Å²) in [6.07, 6.45) is 0. The summed E-state index contributed by atoms with van der Waals surface area (Å²) in [4.78, 5) is 30.3. The molecule has 1 aromatic heterocycles. The highest BCUT2D eigenvalue weighted by atomic mass is 35.5. The minimum absolute atomic E-state index is 0.119. The first-order valence-electron chi connectivity index (χ1n) is 8.12. The fourth-order valence-corrected chi connectivity index (χ4v) is 3.24. The molecule has 3 rings (SSSR count). The van der Waals surface area contributed by atoms with Crippen LogP contribution in [0.25, 0.3) is 0 Å². The number of nitrogens with zero attached hydrogens (tertiary/aromatic N) is 1. The maximum atomic E-state index is 12.1. The van der Waals surface area contributed by atoms with Crippen molar-refractivity contribution >= 4 is 46.6 Å². The molecule has 0 spiro atoms. The second-order valence-corrected chi connectivity index (χ2v) is 7.51. The second-order valence-electron chi connectivity index (χ2n) is 5.73. The summed E-state index contributed by atoms with van der Waals surface area (Å²) in [7, 11) is 0. The molecule has 144 valence electrons.